The van der Waals surface area contributed by atoms with Crippen molar-refractivity contribution in [1.82, 2.24) is 0 Å². The quantitative estimate of drug-likeness (QED) is 0.940. The summed E-state index contributed by atoms with van der Waals surface area (Å²) < 4.78 is 5.62. The molecule has 1 heterocycles. The van der Waals surface area contributed by atoms with Gasteiger partial charge in [-0.25, -0.2) is 0 Å². The maximum Gasteiger partial charge on any atom is 0.124 e. The van der Waals surface area contributed by atoms with Crippen LogP contribution in [0.5, 0.6) is 5.75 Å². The molecule has 3 heteroatoms. The third-order valence-corrected chi connectivity index (χ3v) is 4.16. The number of para-hydroxylation sites is 1. The molecule has 0 bridgehead atoms. The minimum Gasteiger partial charge on any atom is -0.493 e. The average Bonchev–Trinajstić information content (AvgIpc) is 2.55. The molecule has 0 unspecified atom stereocenters. The molecule has 1 aliphatic heterocycles. The van der Waals surface area contributed by atoms with Crippen molar-refractivity contribution in [2.45, 2.75) is 24.4 Å². The highest BCUT2D eigenvalue weighted by molar-refractivity contribution is 5.47. The van der Waals surface area contributed by atoms with E-state index in [0.29, 0.717) is 25.2 Å². The number of hydrogen-bond donors (Lipinski definition) is 1. The molecule has 0 fully saturated rings. The van der Waals surface area contributed by atoms with Gasteiger partial charge in [0.15, 0.2) is 0 Å². The van der Waals surface area contributed by atoms with Gasteiger partial charge >= 0.3 is 0 Å². The SMILES string of the molecule is N#C[C@@]1([C@@H](O)Cc2ccccc2)CCOc2ccccc21. The first-order valence-corrected chi connectivity index (χ1v) is 7.12. The Labute approximate surface area is 124 Å². The monoisotopic (exact) mass is 279 g/mol. The van der Waals surface area contributed by atoms with E-state index in [4.69, 9.17) is 4.74 Å². The van der Waals surface area contributed by atoms with Crippen LogP contribution in [0.1, 0.15) is 17.5 Å². The highest BCUT2D eigenvalue weighted by Gasteiger charge is 2.44. The minimum absolute atomic E-state index is 0.455. The second-order valence-corrected chi connectivity index (χ2v) is 5.38. The third-order valence-electron chi connectivity index (χ3n) is 4.16. The summed E-state index contributed by atoms with van der Waals surface area (Å²) in [6.07, 6.45) is 0.215. The molecule has 3 nitrogen and oxygen atoms in total. The molecule has 0 saturated heterocycles. The Balaban J connectivity index is 1.96. The zero-order chi connectivity index (χ0) is 14.7. The van der Waals surface area contributed by atoms with Crippen molar-refractivity contribution in [2.75, 3.05) is 6.61 Å². The number of aliphatic hydroxyl groups excluding tert-OH is 1. The summed E-state index contributed by atoms with van der Waals surface area (Å²) in [7, 11) is 0. The van der Waals surface area contributed by atoms with Gasteiger partial charge in [0.1, 0.15) is 11.2 Å². The molecule has 2 atom stereocenters. The Morgan fingerprint density at radius 2 is 1.86 bits per heavy atom. The molecule has 0 amide bonds. The fraction of sp³-hybridized carbons (Fsp3) is 0.278. The van der Waals surface area contributed by atoms with Gasteiger partial charge in [-0.3, -0.25) is 0 Å². The Bertz CT molecular complexity index is 662. The summed E-state index contributed by atoms with van der Waals surface area (Å²) in [5, 5.41) is 20.5. The number of nitriles is 1. The number of nitrogens with zero attached hydrogens (tertiary/aromatic N) is 1. The fourth-order valence-electron chi connectivity index (χ4n) is 2.97. The largest absolute Gasteiger partial charge is 0.493 e. The predicted octanol–water partition coefficient (Wildman–Crippen LogP) is 2.83. The summed E-state index contributed by atoms with van der Waals surface area (Å²) in [5.74, 6) is 0.706. The summed E-state index contributed by atoms with van der Waals surface area (Å²) in [4.78, 5) is 0. The highest BCUT2D eigenvalue weighted by Crippen LogP contribution is 2.41. The molecule has 2 aromatic carbocycles. The average molecular weight is 279 g/mol. The van der Waals surface area contributed by atoms with Crippen LogP contribution < -0.4 is 4.74 Å². The minimum atomic E-state index is -0.898. The van der Waals surface area contributed by atoms with Crippen LogP contribution in [0.25, 0.3) is 0 Å². The molecule has 0 aromatic heterocycles. The second kappa shape index (κ2) is 5.59. The topological polar surface area (TPSA) is 53.2 Å². The first kappa shape index (κ1) is 13.7. The van der Waals surface area contributed by atoms with E-state index in [1.807, 2.05) is 54.6 Å². The van der Waals surface area contributed by atoms with Crippen LogP contribution in [-0.2, 0) is 11.8 Å². The van der Waals surface area contributed by atoms with Crippen LogP contribution in [0, 0.1) is 11.3 Å². The van der Waals surface area contributed by atoms with Gasteiger partial charge in [-0.05, 0) is 11.6 Å². The molecule has 21 heavy (non-hydrogen) atoms. The van der Waals surface area contributed by atoms with E-state index in [-0.39, 0.29) is 0 Å². The molecule has 0 radical (unpaired) electrons. The molecule has 0 spiro atoms. The molecule has 1 aliphatic rings. The lowest BCUT2D eigenvalue weighted by atomic mass is 9.71. The van der Waals surface area contributed by atoms with E-state index in [9.17, 15) is 10.4 Å². The highest BCUT2D eigenvalue weighted by atomic mass is 16.5. The maximum absolute atomic E-state index is 10.7. The zero-order valence-electron chi connectivity index (χ0n) is 11.7. The van der Waals surface area contributed by atoms with Crippen molar-refractivity contribution in [2.24, 2.45) is 0 Å². The van der Waals surface area contributed by atoms with E-state index < -0.39 is 11.5 Å². The number of aliphatic hydroxyl groups is 1. The second-order valence-electron chi connectivity index (χ2n) is 5.38. The lowest BCUT2D eigenvalue weighted by Crippen LogP contribution is -2.43. The first-order valence-electron chi connectivity index (χ1n) is 7.12. The smallest absolute Gasteiger partial charge is 0.124 e. The molecule has 0 saturated carbocycles. The van der Waals surface area contributed by atoms with Gasteiger partial charge < -0.3 is 9.84 Å². The first-order chi connectivity index (χ1) is 10.3. The van der Waals surface area contributed by atoms with E-state index in [1.165, 1.54) is 0 Å². The van der Waals surface area contributed by atoms with Gasteiger partial charge in [-0.2, -0.15) is 5.26 Å². The van der Waals surface area contributed by atoms with Gasteiger partial charge in [0.05, 0.1) is 18.8 Å². The van der Waals surface area contributed by atoms with E-state index in [0.717, 1.165) is 11.1 Å². The van der Waals surface area contributed by atoms with E-state index in [2.05, 4.69) is 6.07 Å². The number of fused-ring (bicyclic) bond motifs is 1. The van der Waals surface area contributed by atoms with Crippen molar-refractivity contribution in [3.63, 3.8) is 0 Å². The summed E-state index contributed by atoms with van der Waals surface area (Å²) in [5.41, 5.74) is 0.927. The van der Waals surface area contributed by atoms with E-state index in [1.54, 1.807) is 0 Å². The fourth-order valence-corrected chi connectivity index (χ4v) is 2.97. The van der Waals surface area contributed by atoms with Crippen LogP contribution in [0.15, 0.2) is 54.6 Å². The zero-order valence-corrected chi connectivity index (χ0v) is 11.7. The van der Waals surface area contributed by atoms with Crippen LogP contribution in [0.4, 0.5) is 0 Å². The van der Waals surface area contributed by atoms with Gasteiger partial charge in [0.25, 0.3) is 0 Å². The van der Waals surface area contributed by atoms with Crippen LogP contribution in [0.3, 0.4) is 0 Å². The number of benzene rings is 2. The van der Waals surface area contributed by atoms with E-state index >= 15 is 0 Å². The number of hydrogen-bond acceptors (Lipinski definition) is 3. The Kier molecular flexibility index (Phi) is 3.64. The Morgan fingerprint density at radius 1 is 1.14 bits per heavy atom. The molecule has 1 N–H and O–H groups in total. The standard InChI is InChI=1S/C18H17NO2/c19-13-18(17(20)12-14-6-2-1-3-7-14)10-11-21-16-9-5-4-8-15(16)18/h1-9,17,20H,10-12H2/t17-,18-/m0/s1. The summed E-state index contributed by atoms with van der Waals surface area (Å²) >= 11 is 0. The van der Waals surface area contributed by atoms with Gasteiger partial charge in [0, 0.05) is 18.4 Å². The lowest BCUT2D eigenvalue weighted by molar-refractivity contribution is 0.0810. The Hall–Kier alpha value is -2.31. The molecular weight excluding hydrogens is 262 g/mol. The van der Waals surface area contributed by atoms with Crippen molar-refractivity contribution in [1.29, 1.82) is 5.26 Å². The summed E-state index contributed by atoms with van der Waals surface area (Å²) in [6, 6.07) is 19.6. The Morgan fingerprint density at radius 3 is 2.62 bits per heavy atom. The molecule has 3 rings (SSSR count). The normalized spacial score (nSPS) is 21.7. The van der Waals surface area contributed by atoms with Crippen LogP contribution in [-0.4, -0.2) is 17.8 Å². The van der Waals surface area contributed by atoms with Crippen LogP contribution >= 0.6 is 0 Å². The molecule has 2 aromatic rings. The van der Waals surface area contributed by atoms with Gasteiger partial charge in [-0.15, -0.1) is 0 Å². The summed E-state index contributed by atoms with van der Waals surface area (Å²) in [6.45, 7) is 0.455. The molecule has 106 valence electrons. The molecular formula is C18H17NO2. The number of rotatable bonds is 3. The van der Waals surface area contributed by atoms with Crippen LogP contribution in [0.2, 0.25) is 0 Å². The van der Waals surface area contributed by atoms with Crippen molar-refractivity contribution in [3.05, 3.63) is 65.7 Å². The number of ether oxygens (including phenoxy) is 1. The third kappa shape index (κ3) is 2.39. The van der Waals surface area contributed by atoms with Crippen molar-refractivity contribution < 1.29 is 9.84 Å². The predicted molar refractivity (Wildman–Crippen MR) is 80.0 cm³/mol. The molecule has 0 aliphatic carbocycles. The van der Waals surface area contributed by atoms with Gasteiger partial charge in [-0.1, -0.05) is 48.5 Å². The van der Waals surface area contributed by atoms with Crippen molar-refractivity contribution in [3.8, 4) is 11.8 Å². The lowest BCUT2D eigenvalue weighted by Gasteiger charge is -2.36. The van der Waals surface area contributed by atoms with Crippen molar-refractivity contribution >= 4 is 0 Å². The van der Waals surface area contributed by atoms with Gasteiger partial charge in [0.2, 0.25) is 0 Å². The maximum atomic E-state index is 10.7.